The van der Waals surface area contributed by atoms with Crippen LogP contribution in [0.3, 0.4) is 0 Å². The number of anilines is 6. The number of carbonyl (C=O) groups excluding carboxylic acids is 1. The van der Waals surface area contributed by atoms with Gasteiger partial charge < -0.3 is 26.0 Å². The van der Waals surface area contributed by atoms with Crippen molar-refractivity contribution in [3.05, 3.63) is 83.9 Å². The van der Waals surface area contributed by atoms with Crippen molar-refractivity contribution in [1.82, 2.24) is 15.0 Å². The molecule has 9 nitrogen and oxygen atoms in total. The molecule has 0 spiro atoms. The number of ether oxygens (including phenoxy) is 1. The van der Waals surface area contributed by atoms with Crippen LogP contribution in [0.1, 0.15) is 11.1 Å². The molecule has 1 amide bonds. The minimum absolute atomic E-state index is 0.0238. The van der Waals surface area contributed by atoms with Crippen LogP contribution in [0.5, 0.6) is 5.75 Å². The third kappa shape index (κ3) is 6.91. The first-order valence-corrected chi connectivity index (χ1v) is 11.1. The van der Waals surface area contributed by atoms with Crippen LogP contribution in [0.25, 0.3) is 0 Å². The van der Waals surface area contributed by atoms with Crippen molar-refractivity contribution < 1.29 is 9.53 Å². The molecule has 0 aliphatic rings. The summed E-state index contributed by atoms with van der Waals surface area (Å²) in [4.78, 5) is 25.8. The fraction of sp³-hybridized carbons (Fsp3) is 0.154. The van der Waals surface area contributed by atoms with Crippen LogP contribution < -0.4 is 26.0 Å². The van der Waals surface area contributed by atoms with Gasteiger partial charge in [-0.2, -0.15) is 15.0 Å². The van der Waals surface area contributed by atoms with Gasteiger partial charge in [0.05, 0.1) is 13.7 Å². The van der Waals surface area contributed by atoms with E-state index in [-0.39, 0.29) is 18.4 Å². The van der Waals surface area contributed by atoms with Gasteiger partial charge in [0.1, 0.15) is 5.75 Å². The quantitative estimate of drug-likeness (QED) is 0.270. The molecule has 3 aromatic carbocycles. The fourth-order valence-electron chi connectivity index (χ4n) is 3.14. The molecule has 0 radical (unpaired) electrons. The summed E-state index contributed by atoms with van der Waals surface area (Å²) >= 11 is 0. The van der Waals surface area contributed by atoms with Crippen molar-refractivity contribution in [1.29, 1.82) is 0 Å². The van der Waals surface area contributed by atoms with Crippen LogP contribution >= 0.6 is 0 Å². The van der Waals surface area contributed by atoms with E-state index in [1.165, 1.54) is 0 Å². The average Bonchev–Trinajstić information content (AvgIpc) is 2.86. The minimum atomic E-state index is -0.239. The van der Waals surface area contributed by atoms with Crippen molar-refractivity contribution in [3.63, 3.8) is 0 Å². The summed E-state index contributed by atoms with van der Waals surface area (Å²) in [5.74, 6) is 1.42. The molecule has 9 heteroatoms. The molecule has 0 saturated carbocycles. The van der Waals surface area contributed by atoms with Gasteiger partial charge in [-0.3, -0.25) is 4.79 Å². The molecule has 4 N–H and O–H groups in total. The standard InChI is InChI=1S/C26H27N7O2/c1-17-4-8-20(9-5-17)29-25-31-24(32-26(33-25)30-21-10-6-18(2)7-11-21)27-16-23(34)28-19-12-14-22(35-3)15-13-19/h4-15H,16H2,1-3H3,(H,28,34)(H3,27,29,30,31,32,33). The molecule has 0 unspecified atom stereocenters. The van der Waals surface area contributed by atoms with Crippen molar-refractivity contribution in [2.75, 3.05) is 34.9 Å². The lowest BCUT2D eigenvalue weighted by Crippen LogP contribution is -2.23. The number of nitrogens with one attached hydrogen (secondary N) is 4. The van der Waals surface area contributed by atoms with Crippen LogP contribution in [0.4, 0.5) is 34.9 Å². The maximum absolute atomic E-state index is 12.4. The van der Waals surface area contributed by atoms with E-state index >= 15 is 0 Å². The maximum Gasteiger partial charge on any atom is 0.243 e. The molecule has 1 aromatic heterocycles. The molecular formula is C26H27N7O2. The SMILES string of the molecule is COc1ccc(NC(=O)CNc2nc(Nc3ccc(C)cc3)nc(Nc3ccc(C)cc3)n2)cc1. The van der Waals surface area contributed by atoms with E-state index in [1.807, 2.05) is 62.4 Å². The Morgan fingerprint density at radius 1 is 0.686 bits per heavy atom. The Bertz CT molecular complexity index is 1210. The van der Waals surface area contributed by atoms with Crippen LogP contribution in [0.2, 0.25) is 0 Å². The Balaban J connectivity index is 1.48. The van der Waals surface area contributed by atoms with E-state index in [9.17, 15) is 4.79 Å². The Kier molecular flexibility index (Phi) is 7.37. The highest BCUT2D eigenvalue weighted by molar-refractivity contribution is 5.93. The second kappa shape index (κ2) is 11.0. The Labute approximate surface area is 204 Å². The molecule has 0 saturated heterocycles. The third-order valence-corrected chi connectivity index (χ3v) is 5.03. The molecule has 1 heterocycles. The Morgan fingerprint density at radius 2 is 1.14 bits per heavy atom. The molecule has 0 atom stereocenters. The lowest BCUT2D eigenvalue weighted by Gasteiger charge is -2.12. The predicted molar refractivity (Wildman–Crippen MR) is 139 cm³/mol. The number of hydrogen-bond acceptors (Lipinski definition) is 8. The summed E-state index contributed by atoms with van der Waals surface area (Å²) in [5.41, 5.74) is 4.64. The predicted octanol–water partition coefficient (Wildman–Crippen LogP) is 5.03. The van der Waals surface area contributed by atoms with Gasteiger partial charge in [-0.25, -0.2) is 0 Å². The van der Waals surface area contributed by atoms with E-state index in [4.69, 9.17) is 4.74 Å². The number of amides is 1. The molecule has 178 valence electrons. The summed E-state index contributed by atoms with van der Waals surface area (Å²) in [7, 11) is 1.59. The average molecular weight is 470 g/mol. The zero-order valence-electron chi connectivity index (χ0n) is 19.8. The van der Waals surface area contributed by atoms with E-state index < -0.39 is 0 Å². The van der Waals surface area contributed by atoms with Gasteiger partial charge in [-0.05, 0) is 62.4 Å². The zero-order valence-corrected chi connectivity index (χ0v) is 19.8. The molecule has 0 aliphatic carbocycles. The number of aromatic nitrogens is 3. The highest BCUT2D eigenvalue weighted by atomic mass is 16.5. The molecular weight excluding hydrogens is 442 g/mol. The maximum atomic E-state index is 12.4. The van der Waals surface area contributed by atoms with Gasteiger partial charge in [-0.1, -0.05) is 35.4 Å². The first-order valence-electron chi connectivity index (χ1n) is 11.1. The highest BCUT2D eigenvalue weighted by Gasteiger charge is 2.10. The Hall–Kier alpha value is -4.66. The monoisotopic (exact) mass is 469 g/mol. The number of nitrogens with zero attached hydrogens (tertiary/aromatic N) is 3. The smallest absolute Gasteiger partial charge is 0.243 e. The number of hydrogen-bond donors (Lipinski definition) is 4. The fourth-order valence-corrected chi connectivity index (χ4v) is 3.14. The normalized spacial score (nSPS) is 10.4. The van der Waals surface area contributed by atoms with E-state index in [0.29, 0.717) is 23.3 Å². The second-order valence-electron chi connectivity index (χ2n) is 7.92. The summed E-state index contributed by atoms with van der Waals surface area (Å²) in [6.07, 6.45) is 0. The van der Waals surface area contributed by atoms with Gasteiger partial charge in [0.2, 0.25) is 23.8 Å². The van der Waals surface area contributed by atoms with E-state index in [2.05, 4.69) is 36.2 Å². The number of benzene rings is 3. The van der Waals surface area contributed by atoms with Gasteiger partial charge in [0, 0.05) is 17.1 Å². The highest BCUT2D eigenvalue weighted by Crippen LogP contribution is 2.20. The molecule has 0 fully saturated rings. The molecule has 0 aliphatic heterocycles. The van der Waals surface area contributed by atoms with Crippen LogP contribution in [-0.2, 0) is 4.79 Å². The molecule has 4 rings (SSSR count). The molecule has 4 aromatic rings. The minimum Gasteiger partial charge on any atom is -0.497 e. The number of rotatable bonds is 9. The van der Waals surface area contributed by atoms with Crippen molar-refractivity contribution in [2.45, 2.75) is 13.8 Å². The van der Waals surface area contributed by atoms with Crippen LogP contribution in [-0.4, -0.2) is 34.5 Å². The van der Waals surface area contributed by atoms with E-state index in [1.54, 1.807) is 31.4 Å². The lowest BCUT2D eigenvalue weighted by molar-refractivity contribution is -0.114. The topological polar surface area (TPSA) is 113 Å². The zero-order chi connectivity index (χ0) is 24.6. The van der Waals surface area contributed by atoms with Gasteiger partial charge in [0.15, 0.2) is 0 Å². The van der Waals surface area contributed by atoms with E-state index in [0.717, 1.165) is 22.5 Å². The van der Waals surface area contributed by atoms with Crippen LogP contribution in [0.15, 0.2) is 72.8 Å². The van der Waals surface area contributed by atoms with Crippen molar-refractivity contribution >= 4 is 40.8 Å². The van der Waals surface area contributed by atoms with Crippen LogP contribution in [0, 0.1) is 13.8 Å². The molecule has 35 heavy (non-hydrogen) atoms. The summed E-state index contributed by atoms with van der Waals surface area (Å²) in [6, 6.07) is 22.9. The van der Waals surface area contributed by atoms with Gasteiger partial charge >= 0.3 is 0 Å². The second-order valence-corrected chi connectivity index (χ2v) is 7.92. The summed E-state index contributed by atoms with van der Waals surface area (Å²) in [5, 5.41) is 12.2. The van der Waals surface area contributed by atoms with Gasteiger partial charge in [-0.15, -0.1) is 0 Å². The Morgan fingerprint density at radius 3 is 1.63 bits per heavy atom. The number of carbonyl (C=O) groups is 1. The third-order valence-electron chi connectivity index (χ3n) is 5.03. The van der Waals surface area contributed by atoms with Crippen molar-refractivity contribution in [3.8, 4) is 5.75 Å². The first kappa shape index (κ1) is 23.5. The first-order chi connectivity index (χ1) is 17.0. The van der Waals surface area contributed by atoms with Crippen molar-refractivity contribution in [2.24, 2.45) is 0 Å². The number of methoxy groups -OCH3 is 1. The lowest BCUT2D eigenvalue weighted by atomic mass is 10.2. The number of aryl methyl sites for hydroxylation is 2. The molecule has 0 bridgehead atoms. The van der Waals surface area contributed by atoms with Gasteiger partial charge in [0.25, 0.3) is 0 Å². The largest absolute Gasteiger partial charge is 0.497 e. The summed E-state index contributed by atoms with van der Waals surface area (Å²) in [6.45, 7) is 4.02. The summed E-state index contributed by atoms with van der Waals surface area (Å²) < 4.78 is 5.14.